The maximum absolute atomic E-state index is 9.85. The summed E-state index contributed by atoms with van der Waals surface area (Å²) in [5.74, 6) is 0. The number of hydrogen-bond acceptors (Lipinski definition) is 4. The van der Waals surface area contributed by atoms with E-state index in [1.165, 1.54) is 0 Å². The molecule has 0 spiro atoms. The first-order valence-electron chi connectivity index (χ1n) is 4.92. The van der Waals surface area contributed by atoms with Gasteiger partial charge in [-0.05, 0) is 17.4 Å². The number of rotatable bonds is 6. The van der Waals surface area contributed by atoms with E-state index in [-0.39, 0.29) is 0 Å². The third-order valence-electron chi connectivity index (χ3n) is 2.02. The van der Waals surface area contributed by atoms with Crippen LogP contribution in [0.3, 0.4) is 0 Å². The van der Waals surface area contributed by atoms with Crippen molar-refractivity contribution in [2.75, 3.05) is 6.61 Å². The van der Waals surface area contributed by atoms with E-state index in [9.17, 15) is 4.79 Å². The lowest BCUT2D eigenvalue weighted by Gasteiger charge is -1.99. The molecule has 1 aromatic rings. The van der Waals surface area contributed by atoms with Crippen LogP contribution in [0.4, 0.5) is 0 Å². The van der Waals surface area contributed by atoms with Gasteiger partial charge in [-0.2, -0.15) is 0 Å². The first kappa shape index (κ1) is 12.5. The predicted molar refractivity (Wildman–Crippen MR) is 61.9 cm³/mol. The van der Waals surface area contributed by atoms with Crippen LogP contribution in [0.25, 0.3) is 6.08 Å². The van der Waals surface area contributed by atoms with E-state index in [1.807, 2.05) is 12.2 Å². The molecule has 0 aliphatic rings. The van der Waals surface area contributed by atoms with Gasteiger partial charge in [0.15, 0.2) is 0 Å². The van der Waals surface area contributed by atoms with Crippen LogP contribution in [-0.2, 0) is 9.53 Å². The number of ether oxygens (including phenoxy) is 1. The van der Waals surface area contributed by atoms with Gasteiger partial charge in [0.25, 0.3) is 6.47 Å². The van der Waals surface area contributed by atoms with Crippen molar-refractivity contribution < 1.29 is 19.6 Å². The highest BCUT2D eigenvalue weighted by molar-refractivity contribution is 6.58. The second-order valence-electron chi connectivity index (χ2n) is 3.20. The Morgan fingerprint density at radius 2 is 1.94 bits per heavy atom. The zero-order chi connectivity index (χ0) is 11.8. The molecule has 5 heteroatoms. The molecule has 0 aliphatic heterocycles. The van der Waals surface area contributed by atoms with E-state index >= 15 is 0 Å². The van der Waals surface area contributed by atoms with Gasteiger partial charge in [-0.25, -0.2) is 0 Å². The quantitative estimate of drug-likeness (QED) is 0.400. The average Bonchev–Trinajstić information content (AvgIpc) is 2.29. The molecule has 0 saturated carbocycles. The summed E-state index contributed by atoms with van der Waals surface area (Å²) < 4.78 is 4.52. The summed E-state index contributed by atoms with van der Waals surface area (Å²) in [6.07, 6.45) is 4.42. The SMILES string of the molecule is O=COCC/C=C/c1ccc(B(O)O)cc1. The van der Waals surface area contributed by atoms with Crippen LogP contribution in [-0.4, -0.2) is 30.2 Å². The molecule has 2 N–H and O–H groups in total. The molecule has 0 aromatic heterocycles. The van der Waals surface area contributed by atoms with Crippen LogP contribution in [0.5, 0.6) is 0 Å². The average molecular weight is 220 g/mol. The standard InChI is InChI=1S/C11H13BO4/c13-9-16-8-2-1-3-10-4-6-11(7-5-10)12(14)15/h1,3-7,9,14-15H,2,8H2/b3-1+. The summed E-state index contributed by atoms with van der Waals surface area (Å²) in [5, 5.41) is 17.8. The van der Waals surface area contributed by atoms with Crippen LogP contribution in [0, 0.1) is 0 Å². The van der Waals surface area contributed by atoms with E-state index in [0.29, 0.717) is 25.0 Å². The molecule has 0 heterocycles. The molecule has 0 atom stereocenters. The third kappa shape index (κ3) is 4.29. The Kier molecular flexibility index (Phi) is 5.32. The molecule has 0 saturated heterocycles. The van der Waals surface area contributed by atoms with Gasteiger partial charge in [0.1, 0.15) is 0 Å². The molecule has 0 radical (unpaired) electrons. The van der Waals surface area contributed by atoms with Gasteiger partial charge >= 0.3 is 7.12 Å². The molecule has 1 aromatic carbocycles. The monoisotopic (exact) mass is 220 g/mol. The zero-order valence-electron chi connectivity index (χ0n) is 8.74. The Labute approximate surface area is 94.3 Å². The number of hydrogen-bond donors (Lipinski definition) is 2. The number of carbonyl (C=O) groups is 1. The van der Waals surface area contributed by atoms with Gasteiger partial charge in [-0.3, -0.25) is 4.79 Å². The van der Waals surface area contributed by atoms with Crippen molar-refractivity contribution >= 4 is 25.1 Å². The van der Waals surface area contributed by atoms with Gasteiger partial charge in [0, 0.05) is 0 Å². The summed E-state index contributed by atoms with van der Waals surface area (Å²) in [7, 11) is -1.43. The van der Waals surface area contributed by atoms with Crippen molar-refractivity contribution in [3.8, 4) is 0 Å². The van der Waals surface area contributed by atoms with Gasteiger partial charge in [0.2, 0.25) is 0 Å². The van der Waals surface area contributed by atoms with Crippen LogP contribution in [0.15, 0.2) is 30.3 Å². The minimum absolute atomic E-state index is 0.368. The Bertz CT molecular complexity index is 346. The summed E-state index contributed by atoms with van der Waals surface area (Å²) in [6, 6.07) is 6.86. The molecule has 1 rings (SSSR count). The summed E-state index contributed by atoms with van der Waals surface area (Å²) in [5.41, 5.74) is 1.41. The Balaban J connectivity index is 2.45. The first-order chi connectivity index (χ1) is 7.74. The maximum atomic E-state index is 9.85. The van der Waals surface area contributed by atoms with Gasteiger partial charge in [-0.15, -0.1) is 0 Å². The smallest absolute Gasteiger partial charge is 0.468 e. The Morgan fingerprint density at radius 1 is 1.25 bits per heavy atom. The number of benzene rings is 1. The molecule has 0 aliphatic carbocycles. The molecule has 16 heavy (non-hydrogen) atoms. The molecule has 0 fully saturated rings. The zero-order valence-corrected chi connectivity index (χ0v) is 8.74. The lowest BCUT2D eigenvalue weighted by Crippen LogP contribution is -2.29. The topological polar surface area (TPSA) is 66.8 Å². The van der Waals surface area contributed by atoms with Gasteiger partial charge in [-0.1, -0.05) is 36.4 Å². The molecular weight excluding hydrogens is 207 g/mol. The highest BCUT2D eigenvalue weighted by Crippen LogP contribution is 2.01. The Hall–Kier alpha value is -1.59. The molecule has 0 bridgehead atoms. The highest BCUT2D eigenvalue weighted by Gasteiger charge is 2.08. The fourth-order valence-corrected chi connectivity index (χ4v) is 1.18. The fraction of sp³-hybridized carbons (Fsp3) is 0.182. The van der Waals surface area contributed by atoms with Gasteiger partial charge < -0.3 is 14.8 Å². The minimum Gasteiger partial charge on any atom is -0.468 e. The van der Waals surface area contributed by atoms with Crippen molar-refractivity contribution in [3.63, 3.8) is 0 Å². The normalized spacial score (nSPS) is 10.4. The van der Waals surface area contributed by atoms with E-state index in [4.69, 9.17) is 10.0 Å². The Morgan fingerprint density at radius 3 is 2.50 bits per heavy atom. The maximum Gasteiger partial charge on any atom is 0.488 e. The largest absolute Gasteiger partial charge is 0.488 e. The number of carbonyl (C=O) groups excluding carboxylic acids is 1. The summed E-state index contributed by atoms with van der Waals surface area (Å²) >= 11 is 0. The molecular formula is C11H13BO4. The molecule has 0 amide bonds. The third-order valence-corrected chi connectivity index (χ3v) is 2.02. The molecule has 84 valence electrons. The highest BCUT2D eigenvalue weighted by atomic mass is 16.5. The van der Waals surface area contributed by atoms with Crippen molar-refractivity contribution in [2.45, 2.75) is 6.42 Å². The van der Waals surface area contributed by atoms with Gasteiger partial charge in [0.05, 0.1) is 6.61 Å². The van der Waals surface area contributed by atoms with Crippen molar-refractivity contribution in [1.82, 2.24) is 0 Å². The van der Waals surface area contributed by atoms with E-state index < -0.39 is 7.12 Å². The van der Waals surface area contributed by atoms with Crippen LogP contribution >= 0.6 is 0 Å². The van der Waals surface area contributed by atoms with Crippen LogP contribution in [0.1, 0.15) is 12.0 Å². The van der Waals surface area contributed by atoms with Crippen molar-refractivity contribution in [2.24, 2.45) is 0 Å². The van der Waals surface area contributed by atoms with Crippen LogP contribution < -0.4 is 5.46 Å². The second kappa shape index (κ2) is 6.82. The predicted octanol–water partition coefficient (Wildman–Crippen LogP) is -0.0573. The molecule has 4 nitrogen and oxygen atoms in total. The van der Waals surface area contributed by atoms with E-state index in [0.717, 1.165) is 5.56 Å². The lowest BCUT2D eigenvalue weighted by atomic mass is 9.80. The minimum atomic E-state index is -1.43. The van der Waals surface area contributed by atoms with Crippen LogP contribution in [0.2, 0.25) is 0 Å². The van der Waals surface area contributed by atoms with Crippen molar-refractivity contribution in [3.05, 3.63) is 35.9 Å². The second-order valence-corrected chi connectivity index (χ2v) is 3.20. The summed E-state index contributed by atoms with van der Waals surface area (Å²) in [6.45, 7) is 0.790. The lowest BCUT2D eigenvalue weighted by molar-refractivity contribution is -0.128. The van der Waals surface area contributed by atoms with E-state index in [2.05, 4.69) is 4.74 Å². The molecule has 0 unspecified atom stereocenters. The fourth-order valence-electron chi connectivity index (χ4n) is 1.18. The van der Waals surface area contributed by atoms with Crippen molar-refractivity contribution in [1.29, 1.82) is 0 Å². The van der Waals surface area contributed by atoms with E-state index in [1.54, 1.807) is 24.3 Å². The summed E-state index contributed by atoms with van der Waals surface area (Å²) in [4.78, 5) is 9.85. The first-order valence-corrected chi connectivity index (χ1v) is 4.92.